The minimum atomic E-state index is 0.374. The Morgan fingerprint density at radius 2 is 1.83 bits per heavy atom. The van der Waals surface area contributed by atoms with E-state index in [9.17, 15) is 0 Å². The maximum absolute atomic E-state index is 2.63. The van der Waals surface area contributed by atoms with Crippen molar-refractivity contribution in [2.75, 3.05) is 13.1 Å². The molecular formula is C11H23N. The molecule has 0 aromatic rings. The third-order valence-electron chi connectivity index (χ3n) is 2.62. The SMILES string of the molecule is CCCN(CC1CC1)C(C)(C)C. The second kappa shape index (κ2) is 3.78. The van der Waals surface area contributed by atoms with Crippen LogP contribution in [0.3, 0.4) is 0 Å². The normalized spacial score (nSPS) is 18.8. The summed E-state index contributed by atoms with van der Waals surface area (Å²) >= 11 is 0. The molecule has 1 heteroatoms. The van der Waals surface area contributed by atoms with Gasteiger partial charge in [0.1, 0.15) is 0 Å². The molecule has 0 spiro atoms. The van der Waals surface area contributed by atoms with Crippen LogP contribution < -0.4 is 0 Å². The molecule has 0 aromatic carbocycles. The van der Waals surface area contributed by atoms with Crippen molar-refractivity contribution in [3.63, 3.8) is 0 Å². The Morgan fingerprint density at radius 3 is 2.17 bits per heavy atom. The van der Waals surface area contributed by atoms with Gasteiger partial charge in [0.05, 0.1) is 0 Å². The molecule has 1 fully saturated rings. The van der Waals surface area contributed by atoms with Gasteiger partial charge in [-0.1, -0.05) is 6.92 Å². The Hall–Kier alpha value is -0.0400. The molecule has 0 amide bonds. The molecule has 0 atom stereocenters. The first-order valence-electron chi connectivity index (χ1n) is 5.29. The van der Waals surface area contributed by atoms with Crippen LogP contribution in [0.4, 0.5) is 0 Å². The fourth-order valence-electron chi connectivity index (χ4n) is 1.58. The largest absolute Gasteiger partial charge is 0.298 e. The van der Waals surface area contributed by atoms with E-state index in [1.54, 1.807) is 0 Å². The van der Waals surface area contributed by atoms with Gasteiger partial charge in [-0.15, -0.1) is 0 Å². The van der Waals surface area contributed by atoms with Crippen LogP contribution in [0.2, 0.25) is 0 Å². The van der Waals surface area contributed by atoms with Crippen molar-refractivity contribution in [2.45, 2.75) is 52.5 Å². The van der Waals surface area contributed by atoms with Crippen molar-refractivity contribution in [2.24, 2.45) is 5.92 Å². The highest BCUT2D eigenvalue weighted by Crippen LogP contribution is 2.31. The van der Waals surface area contributed by atoms with E-state index >= 15 is 0 Å². The molecule has 0 aliphatic heterocycles. The van der Waals surface area contributed by atoms with Crippen LogP contribution in [-0.4, -0.2) is 23.5 Å². The molecule has 1 saturated carbocycles. The van der Waals surface area contributed by atoms with Gasteiger partial charge in [0, 0.05) is 12.1 Å². The minimum absolute atomic E-state index is 0.374. The van der Waals surface area contributed by atoms with Gasteiger partial charge in [0.25, 0.3) is 0 Å². The quantitative estimate of drug-likeness (QED) is 0.625. The fraction of sp³-hybridized carbons (Fsp3) is 1.00. The number of hydrogen-bond acceptors (Lipinski definition) is 1. The standard InChI is InChI=1S/C11H23N/c1-5-8-12(11(2,3)4)9-10-6-7-10/h10H,5-9H2,1-4H3. The van der Waals surface area contributed by atoms with E-state index in [-0.39, 0.29) is 0 Å². The van der Waals surface area contributed by atoms with Crippen LogP contribution in [-0.2, 0) is 0 Å². The Bertz CT molecular complexity index is 130. The van der Waals surface area contributed by atoms with Crippen LogP contribution in [0.1, 0.15) is 47.0 Å². The van der Waals surface area contributed by atoms with Gasteiger partial charge in [0.15, 0.2) is 0 Å². The van der Waals surface area contributed by atoms with Crippen LogP contribution in [0.5, 0.6) is 0 Å². The molecule has 0 radical (unpaired) electrons. The Morgan fingerprint density at radius 1 is 1.25 bits per heavy atom. The smallest absolute Gasteiger partial charge is 0.0125 e. The third-order valence-corrected chi connectivity index (χ3v) is 2.62. The molecule has 12 heavy (non-hydrogen) atoms. The van der Waals surface area contributed by atoms with E-state index < -0.39 is 0 Å². The van der Waals surface area contributed by atoms with Crippen LogP contribution in [0.15, 0.2) is 0 Å². The van der Waals surface area contributed by atoms with Gasteiger partial charge < -0.3 is 0 Å². The predicted octanol–water partition coefficient (Wildman–Crippen LogP) is 2.91. The highest BCUT2D eigenvalue weighted by molar-refractivity contribution is 4.83. The van der Waals surface area contributed by atoms with E-state index in [4.69, 9.17) is 0 Å². The van der Waals surface area contributed by atoms with Crippen molar-refractivity contribution >= 4 is 0 Å². The van der Waals surface area contributed by atoms with Crippen LogP contribution >= 0.6 is 0 Å². The summed E-state index contributed by atoms with van der Waals surface area (Å²) in [5.74, 6) is 1.02. The van der Waals surface area contributed by atoms with Gasteiger partial charge in [-0.25, -0.2) is 0 Å². The van der Waals surface area contributed by atoms with Crippen molar-refractivity contribution in [1.29, 1.82) is 0 Å². The molecular weight excluding hydrogens is 146 g/mol. The fourth-order valence-corrected chi connectivity index (χ4v) is 1.58. The first-order chi connectivity index (χ1) is 5.54. The Balaban J connectivity index is 2.35. The first-order valence-corrected chi connectivity index (χ1v) is 5.29. The predicted molar refractivity (Wildman–Crippen MR) is 54.3 cm³/mol. The molecule has 72 valence electrons. The number of nitrogens with zero attached hydrogens (tertiary/aromatic N) is 1. The highest BCUT2D eigenvalue weighted by atomic mass is 15.2. The third kappa shape index (κ3) is 3.14. The topological polar surface area (TPSA) is 3.24 Å². The number of hydrogen-bond donors (Lipinski definition) is 0. The summed E-state index contributed by atoms with van der Waals surface area (Å²) < 4.78 is 0. The molecule has 0 bridgehead atoms. The van der Waals surface area contributed by atoms with Crippen molar-refractivity contribution < 1.29 is 0 Å². The molecule has 0 saturated heterocycles. The van der Waals surface area contributed by atoms with Gasteiger partial charge in [-0.3, -0.25) is 4.90 Å². The summed E-state index contributed by atoms with van der Waals surface area (Å²) in [5, 5.41) is 0. The highest BCUT2D eigenvalue weighted by Gasteiger charge is 2.28. The summed E-state index contributed by atoms with van der Waals surface area (Å²) in [6.45, 7) is 11.8. The molecule has 1 aliphatic rings. The average molecular weight is 169 g/mol. The Kier molecular flexibility index (Phi) is 3.16. The monoisotopic (exact) mass is 169 g/mol. The first kappa shape index (κ1) is 10.0. The Labute approximate surface area is 77.1 Å². The van der Waals surface area contributed by atoms with E-state index in [1.807, 2.05) is 0 Å². The second-order valence-electron chi connectivity index (χ2n) is 5.06. The average Bonchev–Trinajstić information content (AvgIpc) is 2.68. The van der Waals surface area contributed by atoms with Gasteiger partial charge in [-0.2, -0.15) is 0 Å². The zero-order valence-corrected chi connectivity index (χ0v) is 9.06. The molecule has 1 rings (SSSR count). The van der Waals surface area contributed by atoms with Gasteiger partial charge in [-0.05, 0) is 52.5 Å². The lowest BCUT2D eigenvalue weighted by atomic mass is 10.1. The van der Waals surface area contributed by atoms with Gasteiger partial charge >= 0.3 is 0 Å². The van der Waals surface area contributed by atoms with E-state index in [1.165, 1.54) is 32.4 Å². The summed E-state index contributed by atoms with van der Waals surface area (Å²) in [6.07, 6.45) is 4.22. The summed E-state index contributed by atoms with van der Waals surface area (Å²) in [7, 11) is 0. The summed E-state index contributed by atoms with van der Waals surface area (Å²) in [4.78, 5) is 2.63. The molecule has 0 N–H and O–H groups in total. The maximum atomic E-state index is 2.63. The minimum Gasteiger partial charge on any atom is -0.298 e. The molecule has 1 aliphatic carbocycles. The molecule has 1 nitrogen and oxygen atoms in total. The van der Waals surface area contributed by atoms with Crippen molar-refractivity contribution in [1.82, 2.24) is 4.90 Å². The van der Waals surface area contributed by atoms with Crippen molar-refractivity contribution in [3.05, 3.63) is 0 Å². The summed E-state index contributed by atoms with van der Waals surface area (Å²) in [5.41, 5.74) is 0.374. The lowest BCUT2D eigenvalue weighted by Gasteiger charge is -2.35. The molecule has 0 unspecified atom stereocenters. The summed E-state index contributed by atoms with van der Waals surface area (Å²) in [6, 6.07) is 0. The van der Waals surface area contributed by atoms with E-state index in [2.05, 4.69) is 32.6 Å². The van der Waals surface area contributed by atoms with Crippen LogP contribution in [0, 0.1) is 5.92 Å². The maximum Gasteiger partial charge on any atom is 0.0125 e. The second-order valence-corrected chi connectivity index (χ2v) is 5.06. The zero-order valence-electron chi connectivity index (χ0n) is 9.06. The lowest BCUT2D eigenvalue weighted by molar-refractivity contribution is 0.130. The van der Waals surface area contributed by atoms with Crippen LogP contribution in [0.25, 0.3) is 0 Å². The van der Waals surface area contributed by atoms with E-state index in [0.29, 0.717) is 5.54 Å². The van der Waals surface area contributed by atoms with Crippen molar-refractivity contribution in [3.8, 4) is 0 Å². The van der Waals surface area contributed by atoms with E-state index in [0.717, 1.165) is 5.92 Å². The molecule has 0 aromatic heterocycles. The lowest BCUT2D eigenvalue weighted by Crippen LogP contribution is -2.43. The number of rotatable bonds is 4. The molecule has 0 heterocycles. The zero-order chi connectivity index (χ0) is 9.19. The van der Waals surface area contributed by atoms with Gasteiger partial charge in [0.2, 0.25) is 0 Å².